The van der Waals surface area contributed by atoms with E-state index in [1.54, 1.807) is 12.1 Å². The van der Waals surface area contributed by atoms with E-state index in [2.05, 4.69) is 4.99 Å². The van der Waals surface area contributed by atoms with E-state index in [0.29, 0.717) is 21.8 Å². The van der Waals surface area contributed by atoms with E-state index in [1.807, 2.05) is 31.2 Å². The molecule has 2 aromatic carbocycles. The summed E-state index contributed by atoms with van der Waals surface area (Å²) in [7, 11) is 0. The Balaban J connectivity index is 2.69. The Hall–Kier alpha value is -1.71. The highest BCUT2D eigenvalue weighted by Gasteiger charge is 2.13. The van der Waals surface area contributed by atoms with Crippen molar-refractivity contribution < 1.29 is 5.11 Å². The fourth-order valence-electron chi connectivity index (χ4n) is 1.90. The van der Waals surface area contributed by atoms with Gasteiger partial charge in [0.05, 0.1) is 16.6 Å². The molecule has 0 saturated heterocycles. The molecular weight excluding hydrogens is 295 g/mol. The van der Waals surface area contributed by atoms with Crippen LogP contribution in [0.1, 0.15) is 5.56 Å². The smallest absolute Gasteiger partial charge is 0.126 e. The Kier molecular flexibility index (Phi) is 4.53. The highest BCUT2D eigenvalue weighted by molar-refractivity contribution is 6.34. The van der Waals surface area contributed by atoms with Gasteiger partial charge in [0, 0.05) is 11.1 Å². The van der Waals surface area contributed by atoms with Crippen molar-refractivity contribution in [1.29, 1.82) is 0 Å². The maximum Gasteiger partial charge on any atom is 0.126 e. The van der Waals surface area contributed by atoms with E-state index in [0.717, 1.165) is 5.56 Å². The standard InChI is InChI=1S/C15H14Cl2N2O/c1-9-4-2-6-11(15(9)20)10-5-3-7-12(17)14(10)19-13(18)8-16/h2-7,20H,8H2,1H3,(H2,18,19). The van der Waals surface area contributed by atoms with Gasteiger partial charge < -0.3 is 10.8 Å². The fraction of sp³-hybridized carbons (Fsp3) is 0.133. The number of aromatic hydroxyl groups is 1. The van der Waals surface area contributed by atoms with Crippen LogP contribution in [0.25, 0.3) is 11.1 Å². The molecule has 0 aliphatic heterocycles. The normalized spacial score (nSPS) is 11.7. The average molecular weight is 309 g/mol. The van der Waals surface area contributed by atoms with Crippen molar-refractivity contribution >= 4 is 34.7 Å². The summed E-state index contributed by atoms with van der Waals surface area (Å²) in [6.07, 6.45) is 0. The first kappa shape index (κ1) is 14.7. The molecule has 0 amide bonds. The van der Waals surface area contributed by atoms with Crippen molar-refractivity contribution in [2.24, 2.45) is 10.7 Å². The molecule has 0 aliphatic carbocycles. The lowest BCUT2D eigenvalue weighted by atomic mass is 10.0. The van der Waals surface area contributed by atoms with Gasteiger partial charge in [-0.15, -0.1) is 11.6 Å². The Morgan fingerprint density at radius 2 is 1.85 bits per heavy atom. The molecule has 3 nitrogen and oxygen atoms in total. The number of aryl methyl sites for hydroxylation is 1. The molecule has 0 heterocycles. The highest BCUT2D eigenvalue weighted by Crippen LogP contribution is 2.41. The molecule has 0 radical (unpaired) electrons. The maximum absolute atomic E-state index is 10.2. The van der Waals surface area contributed by atoms with Gasteiger partial charge in [0.1, 0.15) is 11.6 Å². The molecule has 0 aromatic heterocycles. The van der Waals surface area contributed by atoms with Crippen molar-refractivity contribution in [2.45, 2.75) is 6.92 Å². The summed E-state index contributed by atoms with van der Waals surface area (Å²) in [5.74, 6) is 0.591. The average Bonchev–Trinajstić information content (AvgIpc) is 2.44. The summed E-state index contributed by atoms with van der Waals surface area (Å²) < 4.78 is 0. The molecular formula is C15H14Cl2N2O. The number of phenolic OH excluding ortho intramolecular Hbond substituents is 1. The highest BCUT2D eigenvalue weighted by atomic mass is 35.5. The van der Waals surface area contributed by atoms with Crippen LogP contribution < -0.4 is 5.73 Å². The number of halogens is 2. The summed E-state index contributed by atoms with van der Waals surface area (Å²) >= 11 is 11.8. The third kappa shape index (κ3) is 2.89. The van der Waals surface area contributed by atoms with Gasteiger partial charge in [-0.25, -0.2) is 4.99 Å². The molecule has 0 atom stereocenters. The number of rotatable bonds is 3. The van der Waals surface area contributed by atoms with Crippen LogP contribution in [0.2, 0.25) is 5.02 Å². The molecule has 0 spiro atoms. The van der Waals surface area contributed by atoms with Gasteiger partial charge in [0.15, 0.2) is 0 Å². The second-order valence-corrected chi connectivity index (χ2v) is 5.02. The van der Waals surface area contributed by atoms with Crippen molar-refractivity contribution in [3.05, 3.63) is 47.0 Å². The molecule has 0 aliphatic rings. The minimum atomic E-state index is 0.116. The summed E-state index contributed by atoms with van der Waals surface area (Å²) in [4.78, 5) is 4.24. The van der Waals surface area contributed by atoms with Gasteiger partial charge in [0.25, 0.3) is 0 Å². The number of nitrogens with zero attached hydrogens (tertiary/aromatic N) is 1. The SMILES string of the molecule is Cc1cccc(-c2cccc(Cl)c2N=C(N)CCl)c1O. The van der Waals surface area contributed by atoms with Crippen LogP contribution in [0.3, 0.4) is 0 Å². The first-order valence-corrected chi connectivity index (χ1v) is 6.92. The summed E-state index contributed by atoms with van der Waals surface area (Å²) in [5.41, 5.74) is 8.35. The van der Waals surface area contributed by atoms with E-state index >= 15 is 0 Å². The molecule has 0 fully saturated rings. The first-order chi connectivity index (χ1) is 9.54. The van der Waals surface area contributed by atoms with Crippen molar-refractivity contribution in [3.63, 3.8) is 0 Å². The van der Waals surface area contributed by atoms with E-state index in [-0.39, 0.29) is 17.5 Å². The zero-order valence-corrected chi connectivity index (χ0v) is 12.4. The molecule has 0 bridgehead atoms. The maximum atomic E-state index is 10.2. The third-order valence-electron chi connectivity index (χ3n) is 2.91. The number of aliphatic imine (C=N–C) groups is 1. The van der Waals surface area contributed by atoms with Crippen molar-refractivity contribution in [3.8, 4) is 16.9 Å². The largest absolute Gasteiger partial charge is 0.507 e. The fourth-order valence-corrected chi connectivity index (χ4v) is 2.17. The summed E-state index contributed by atoms with van der Waals surface area (Å²) in [5, 5.41) is 10.7. The molecule has 104 valence electrons. The zero-order valence-electron chi connectivity index (χ0n) is 10.9. The van der Waals surface area contributed by atoms with E-state index in [4.69, 9.17) is 28.9 Å². The minimum absolute atomic E-state index is 0.116. The van der Waals surface area contributed by atoms with Crippen LogP contribution in [0, 0.1) is 6.92 Å². The molecule has 20 heavy (non-hydrogen) atoms. The number of phenols is 1. The lowest BCUT2D eigenvalue weighted by Gasteiger charge is -2.11. The number of amidine groups is 1. The number of alkyl halides is 1. The molecule has 5 heteroatoms. The number of hydrogen-bond donors (Lipinski definition) is 2. The Labute approximate surface area is 127 Å². The van der Waals surface area contributed by atoms with E-state index < -0.39 is 0 Å². The Bertz CT molecular complexity index is 669. The van der Waals surface area contributed by atoms with Crippen LogP contribution in [0.15, 0.2) is 41.4 Å². The topological polar surface area (TPSA) is 58.6 Å². The van der Waals surface area contributed by atoms with Crippen molar-refractivity contribution in [2.75, 3.05) is 5.88 Å². The van der Waals surface area contributed by atoms with Crippen LogP contribution >= 0.6 is 23.2 Å². The Morgan fingerprint density at radius 1 is 1.20 bits per heavy atom. The lowest BCUT2D eigenvalue weighted by molar-refractivity contribution is 0.473. The third-order valence-corrected chi connectivity index (χ3v) is 3.49. The predicted octanol–water partition coefficient (Wildman–Crippen LogP) is 4.25. The molecule has 2 aromatic rings. The monoisotopic (exact) mass is 308 g/mol. The number of benzene rings is 2. The van der Waals surface area contributed by atoms with Crippen LogP contribution in [-0.2, 0) is 0 Å². The first-order valence-electron chi connectivity index (χ1n) is 6.01. The zero-order chi connectivity index (χ0) is 14.7. The van der Waals surface area contributed by atoms with Crippen molar-refractivity contribution in [1.82, 2.24) is 0 Å². The van der Waals surface area contributed by atoms with Gasteiger partial charge >= 0.3 is 0 Å². The van der Waals surface area contributed by atoms with Gasteiger partial charge in [0.2, 0.25) is 0 Å². The van der Waals surface area contributed by atoms with Crippen LogP contribution in [0.4, 0.5) is 5.69 Å². The molecule has 0 saturated carbocycles. The number of nitrogens with two attached hydrogens (primary N) is 1. The second-order valence-electron chi connectivity index (χ2n) is 4.34. The van der Waals surface area contributed by atoms with Crippen LogP contribution in [0.5, 0.6) is 5.75 Å². The predicted molar refractivity (Wildman–Crippen MR) is 85.3 cm³/mol. The van der Waals surface area contributed by atoms with Gasteiger partial charge in [-0.1, -0.05) is 41.9 Å². The molecule has 0 unspecified atom stereocenters. The van der Waals surface area contributed by atoms with E-state index in [9.17, 15) is 5.11 Å². The number of hydrogen-bond acceptors (Lipinski definition) is 2. The van der Waals surface area contributed by atoms with Crippen LogP contribution in [-0.4, -0.2) is 16.8 Å². The van der Waals surface area contributed by atoms with Gasteiger partial charge in [-0.3, -0.25) is 0 Å². The molecule has 3 N–H and O–H groups in total. The van der Waals surface area contributed by atoms with Gasteiger partial charge in [-0.05, 0) is 18.6 Å². The van der Waals surface area contributed by atoms with E-state index in [1.165, 1.54) is 0 Å². The summed E-state index contributed by atoms with van der Waals surface area (Å²) in [6.45, 7) is 1.83. The molecule has 2 rings (SSSR count). The quantitative estimate of drug-likeness (QED) is 0.506. The number of para-hydroxylation sites is 2. The van der Waals surface area contributed by atoms with Gasteiger partial charge in [-0.2, -0.15) is 0 Å². The lowest BCUT2D eigenvalue weighted by Crippen LogP contribution is -2.12. The Morgan fingerprint density at radius 3 is 2.55 bits per heavy atom. The second kappa shape index (κ2) is 6.16. The summed E-state index contributed by atoms with van der Waals surface area (Å²) in [6, 6.07) is 10.9. The minimum Gasteiger partial charge on any atom is -0.507 e.